The summed E-state index contributed by atoms with van der Waals surface area (Å²) in [4.78, 5) is 3.99. The van der Waals surface area contributed by atoms with Crippen molar-refractivity contribution in [3.8, 4) is 0 Å². The van der Waals surface area contributed by atoms with Crippen LogP contribution in [0.4, 0.5) is 0 Å². The van der Waals surface area contributed by atoms with Gasteiger partial charge in [0.1, 0.15) is 0 Å². The summed E-state index contributed by atoms with van der Waals surface area (Å²) in [6.07, 6.45) is 3.90. The standard InChI is InChI=1S/C13H21BrN2S/c1-2-10-3-5-16(11(7-10)8-15)9-13-12(14)4-6-17-13/h4,6,10-11H,2-3,5,7-9,15H2,1H3. The van der Waals surface area contributed by atoms with E-state index >= 15 is 0 Å². The molecular weight excluding hydrogens is 296 g/mol. The molecule has 1 aliphatic rings. The Labute approximate surface area is 116 Å². The summed E-state index contributed by atoms with van der Waals surface area (Å²) >= 11 is 5.45. The van der Waals surface area contributed by atoms with Crippen LogP contribution in [0, 0.1) is 5.92 Å². The Bertz CT molecular complexity index is 353. The molecule has 1 aliphatic heterocycles. The number of thiophene rings is 1. The van der Waals surface area contributed by atoms with Gasteiger partial charge in [-0.25, -0.2) is 0 Å². The molecule has 2 atom stereocenters. The predicted octanol–water partition coefficient (Wildman–Crippen LogP) is 3.46. The summed E-state index contributed by atoms with van der Waals surface area (Å²) in [6, 6.07) is 2.71. The highest BCUT2D eigenvalue weighted by atomic mass is 79.9. The molecule has 1 fully saturated rings. The molecule has 0 saturated carbocycles. The van der Waals surface area contributed by atoms with Gasteiger partial charge in [0.15, 0.2) is 0 Å². The lowest BCUT2D eigenvalue weighted by molar-refractivity contribution is 0.108. The maximum Gasteiger partial charge on any atom is 0.0342 e. The van der Waals surface area contributed by atoms with E-state index in [9.17, 15) is 0 Å². The Morgan fingerprint density at radius 2 is 2.41 bits per heavy atom. The summed E-state index contributed by atoms with van der Waals surface area (Å²) in [7, 11) is 0. The molecule has 17 heavy (non-hydrogen) atoms. The first kappa shape index (κ1) is 13.5. The molecule has 0 aromatic carbocycles. The summed E-state index contributed by atoms with van der Waals surface area (Å²) < 4.78 is 1.25. The van der Waals surface area contributed by atoms with Crippen LogP contribution in [0.5, 0.6) is 0 Å². The van der Waals surface area contributed by atoms with Crippen molar-refractivity contribution in [2.24, 2.45) is 11.7 Å². The zero-order valence-electron chi connectivity index (χ0n) is 10.4. The number of halogens is 1. The van der Waals surface area contributed by atoms with Crippen molar-refractivity contribution in [1.82, 2.24) is 4.90 Å². The average Bonchev–Trinajstić information content (AvgIpc) is 2.75. The molecule has 2 heterocycles. The molecular formula is C13H21BrN2S. The molecule has 0 radical (unpaired) electrons. The largest absolute Gasteiger partial charge is 0.329 e. The highest BCUT2D eigenvalue weighted by Crippen LogP contribution is 2.29. The highest BCUT2D eigenvalue weighted by molar-refractivity contribution is 9.10. The quantitative estimate of drug-likeness (QED) is 0.921. The first-order valence-electron chi connectivity index (χ1n) is 6.40. The Morgan fingerprint density at radius 3 is 3.00 bits per heavy atom. The van der Waals surface area contributed by atoms with E-state index in [1.165, 1.54) is 35.2 Å². The number of nitrogens with zero attached hydrogens (tertiary/aromatic N) is 1. The normalized spacial score (nSPS) is 26.3. The molecule has 0 bridgehead atoms. The third-order valence-corrected chi connectivity index (χ3v) is 5.74. The van der Waals surface area contributed by atoms with E-state index in [0.29, 0.717) is 6.04 Å². The number of hydrogen-bond donors (Lipinski definition) is 1. The second kappa shape index (κ2) is 6.32. The number of piperidine rings is 1. The fourth-order valence-electron chi connectivity index (χ4n) is 2.63. The molecule has 2 N–H and O–H groups in total. The first-order chi connectivity index (χ1) is 8.24. The molecule has 2 unspecified atom stereocenters. The van der Waals surface area contributed by atoms with Crippen LogP contribution in [0.2, 0.25) is 0 Å². The lowest BCUT2D eigenvalue weighted by Gasteiger charge is -2.38. The molecule has 1 saturated heterocycles. The minimum Gasteiger partial charge on any atom is -0.329 e. The molecule has 2 rings (SSSR count). The first-order valence-corrected chi connectivity index (χ1v) is 8.07. The van der Waals surface area contributed by atoms with Gasteiger partial charge >= 0.3 is 0 Å². The smallest absolute Gasteiger partial charge is 0.0342 e. The summed E-state index contributed by atoms with van der Waals surface area (Å²) in [6.45, 7) is 5.34. The topological polar surface area (TPSA) is 29.3 Å². The van der Waals surface area contributed by atoms with E-state index in [0.717, 1.165) is 19.0 Å². The number of nitrogens with two attached hydrogens (primary N) is 1. The molecule has 2 nitrogen and oxygen atoms in total. The molecule has 0 spiro atoms. The zero-order valence-corrected chi connectivity index (χ0v) is 12.8. The summed E-state index contributed by atoms with van der Waals surface area (Å²) in [5.74, 6) is 0.881. The van der Waals surface area contributed by atoms with Crippen LogP contribution in [-0.2, 0) is 6.54 Å². The van der Waals surface area contributed by atoms with E-state index in [4.69, 9.17) is 5.73 Å². The maximum absolute atomic E-state index is 5.93. The van der Waals surface area contributed by atoms with Crippen LogP contribution in [0.15, 0.2) is 15.9 Å². The minimum atomic E-state index is 0.572. The van der Waals surface area contributed by atoms with E-state index in [1.54, 1.807) is 0 Å². The Kier molecular flexibility index (Phi) is 5.03. The fraction of sp³-hybridized carbons (Fsp3) is 0.692. The van der Waals surface area contributed by atoms with E-state index in [-0.39, 0.29) is 0 Å². The summed E-state index contributed by atoms with van der Waals surface area (Å²) in [5.41, 5.74) is 5.93. The second-order valence-electron chi connectivity index (χ2n) is 4.85. The van der Waals surface area contributed by atoms with Crippen LogP contribution < -0.4 is 5.73 Å². The van der Waals surface area contributed by atoms with Gasteiger partial charge in [-0.3, -0.25) is 4.90 Å². The SMILES string of the molecule is CCC1CCN(Cc2sccc2Br)C(CN)C1. The van der Waals surface area contributed by atoms with Crippen molar-refractivity contribution in [3.05, 3.63) is 20.8 Å². The Morgan fingerprint density at radius 1 is 1.59 bits per heavy atom. The van der Waals surface area contributed by atoms with Crippen molar-refractivity contribution in [3.63, 3.8) is 0 Å². The summed E-state index contributed by atoms with van der Waals surface area (Å²) in [5, 5.41) is 2.15. The number of rotatable bonds is 4. The third kappa shape index (κ3) is 3.31. The highest BCUT2D eigenvalue weighted by Gasteiger charge is 2.27. The third-order valence-electron chi connectivity index (χ3n) is 3.83. The van der Waals surface area contributed by atoms with Crippen molar-refractivity contribution in [2.45, 2.75) is 38.8 Å². The molecule has 4 heteroatoms. The van der Waals surface area contributed by atoms with Crippen LogP contribution in [-0.4, -0.2) is 24.0 Å². The lowest BCUT2D eigenvalue weighted by Crippen LogP contribution is -2.45. The van der Waals surface area contributed by atoms with Crippen LogP contribution in [0.25, 0.3) is 0 Å². The van der Waals surface area contributed by atoms with Gasteiger partial charge < -0.3 is 5.73 Å². The van der Waals surface area contributed by atoms with Crippen LogP contribution in [0.1, 0.15) is 31.1 Å². The molecule has 0 amide bonds. The van der Waals surface area contributed by atoms with Crippen molar-refractivity contribution in [1.29, 1.82) is 0 Å². The predicted molar refractivity (Wildman–Crippen MR) is 78.3 cm³/mol. The van der Waals surface area contributed by atoms with Crippen molar-refractivity contribution >= 4 is 27.3 Å². The zero-order chi connectivity index (χ0) is 12.3. The monoisotopic (exact) mass is 316 g/mol. The van der Waals surface area contributed by atoms with Gasteiger partial charge in [0.05, 0.1) is 0 Å². The Hall–Kier alpha value is 0.1000. The van der Waals surface area contributed by atoms with E-state index in [1.807, 2.05) is 11.3 Å². The van der Waals surface area contributed by atoms with Crippen LogP contribution >= 0.6 is 27.3 Å². The van der Waals surface area contributed by atoms with Gasteiger partial charge in [-0.15, -0.1) is 11.3 Å². The molecule has 0 aliphatic carbocycles. The maximum atomic E-state index is 5.93. The number of hydrogen-bond acceptors (Lipinski definition) is 3. The van der Waals surface area contributed by atoms with Gasteiger partial charge in [0, 0.05) is 28.5 Å². The van der Waals surface area contributed by atoms with E-state index in [2.05, 4.69) is 39.2 Å². The average molecular weight is 317 g/mol. The number of likely N-dealkylation sites (tertiary alicyclic amines) is 1. The lowest BCUT2D eigenvalue weighted by atomic mass is 9.89. The van der Waals surface area contributed by atoms with Gasteiger partial charge in [-0.1, -0.05) is 13.3 Å². The second-order valence-corrected chi connectivity index (χ2v) is 6.71. The van der Waals surface area contributed by atoms with Gasteiger partial charge in [0.2, 0.25) is 0 Å². The van der Waals surface area contributed by atoms with Gasteiger partial charge in [0.25, 0.3) is 0 Å². The fourth-order valence-corrected chi connectivity index (χ4v) is 4.13. The van der Waals surface area contributed by atoms with Gasteiger partial charge in [-0.05, 0) is 52.7 Å². The van der Waals surface area contributed by atoms with Gasteiger partial charge in [-0.2, -0.15) is 0 Å². The van der Waals surface area contributed by atoms with Crippen LogP contribution in [0.3, 0.4) is 0 Å². The Balaban J connectivity index is 1.98. The van der Waals surface area contributed by atoms with Crippen molar-refractivity contribution < 1.29 is 0 Å². The van der Waals surface area contributed by atoms with E-state index < -0.39 is 0 Å². The molecule has 1 aromatic heterocycles. The van der Waals surface area contributed by atoms with Crippen molar-refractivity contribution in [2.75, 3.05) is 13.1 Å². The molecule has 96 valence electrons. The minimum absolute atomic E-state index is 0.572. The molecule has 1 aromatic rings.